The Morgan fingerprint density at radius 3 is 2.83 bits per heavy atom. The SMILES string of the molecule is CCCCOCCNC(=O)c1ccc(C)c(O)c1. The molecule has 1 amide bonds. The smallest absolute Gasteiger partial charge is 0.251 e. The second-order valence-corrected chi connectivity index (χ2v) is 4.22. The molecule has 0 fully saturated rings. The minimum atomic E-state index is -0.190. The van der Waals surface area contributed by atoms with Gasteiger partial charge in [0.2, 0.25) is 0 Å². The summed E-state index contributed by atoms with van der Waals surface area (Å²) < 4.78 is 5.34. The summed E-state index contributed by atoms with van der Waals surface area (Å²) in [5.74, 6) is -0.0498. The Labute approximate surface area is 108 Å². The molecule has 0 radical (unpaired) electrons. The summed E-state index contributed by atoms with van der Waals surface area (Å²) in [4.78, 5) is 11.7. The fraction of sp³-hybridized carbons (Fsp3) is 0.500. The first-order chi connectivity index (χ1) is 8.65. The van der Waals surface area contributed by atoms with Crippen molar-refractivity contribution >= 4 is 5.91 Å². The third-order valence-electron chi connectivity index (χ3n) is 2.65. The van der Waals surface area contributed by atoms with Crippen molar-refractivity contribution in [2.75, 3.05) is 19.8 Å². The molecular weight excluding hydrogens is 230 g/mol. The number of aryl methyl sites for hydroxylation is 1. The number of nitrogens with one attached hydrogen (secondary N) is 1. The Kier molecular flexibility index (Phi) is 6.22. The Morgan fingerprint density at radius 1 is 1.39 bits per heavy atom. The van der Waals surface area contributed by atoms with E-state index in [4.69, 9.17) is 4.74 Å². The van der Waals surface area contributed by atoms with Crippen LogP contribution in [0, 0.1) is 6.92 Å². The normalized spacial score (nSPS) is 10.3. The first-order valence-electron chi connectivity index (χ1n) is 6.30. The minimum Gasteiger partial charge on any atom is -0.508 e. The maximum absolute atomic E-state index is 11.7. The number of phenols is 1. The van der Waals surface area contributed by atoms with Crippen LogP contribution in [-0.2, 0) is 4.74 Å². The van der Waals surface area contributed by atoms with E-state index in [2.05, 4.69) is 12.2 Å². The number of carbonyl (C=O) groups is 1. The minimum absolute atomic E-state index is 0.141. The highest BCUT2D eigenvalue weighted by Crippen LogP contribution is 2.17. The lowest BCUT2D eigenvalue weighted by atomic mass is 10.1. The molecule has 0 aromatic heterocycles. The van der Waals surface area contributed by atoms with Crippen LogP contribution in [0.1, 0.15) is 35.7 Å². The number of ether oxygens (including phenoxy) is 1. The van der Waals surface area contributed by atoms with Crippen LogP contribution < -0.4 is 5.32 Å². The van der Waals surface area contributed by atoms with Gasteiger partial charge < -0.3 is 15.2 Å². The lowest BCUT2D eigenvalue weighted by Crippen LogP contribution is -2.27. The molecule has 0 atom stereocenters. The number of hydrogen-bond donors (Lipinski definition) is 2. The molecule has 1 aromatic carbocycles. The van der Waals surface area contributed by atoms with Crippen LogP contribution in [0.25, 0.3) is 0 Å². The zero-order valence-corrected chi connectivity index (χ0v) is 11.0. The van der Waals surface area contributed by atoms with E-state index in [-0.39, 0.29) is 11.7 Å². The number of amides is 1. The van der Waals surface area contributed by atoms with E-state index >= 15 is 0 Å². The van der Waals surface area contributed by atoms with Crippen molar-refractivity contribution in [1.82, 2.24) is 5.32 Å². The highest BCUT2D eigenvalue weighted by atomic mass is 16.5. The largest absolute Gasteiger partial charge is 0.508 e. The average molecular weight is 251 g/mol. The Morgan fingerprint density at radius 2 is 2.17 bits per heavy atom. The lowest BCUT2D eigenvalue weighted by Gasteiger charge is -2.07. The first kappa shape index (κ1) is 14.5. The number of hydrogen-bond acceptors (Lipinski definition) is 3. The third kappa shape index (κ3) is 4.75. The molecule has 0 aliphatic heterocycles. The molecule has 100 valence electrons. The van der Waals surface area contributed by atoms with Crippen molar-refractivity contribution in [3.63, 3.8) is 0 Å². The van der Waals surface area contributed by atoms with Gasteiger partial charge in [-0.1, -0.05) is 19.4 Å². The van der Waals surface area contributed by atoms with Crippen molar-refractivity contribution in [3.8, 4) is 5.75 Å². The van der Waals surface area contributed by atoms with Crippen LogP contribution in [0.2, 0.25) is 0 Å². The van der Waals surface area contributed by atoms with Gasteiger partial charge >= 0.3 is 0 Å². The number of aromatic hydroxyl groups is 1. The number of benzene rings is 1. The predicted octanol–water partition coefficient (Wildman–Crippen LogP) is 2.25. The van der Waals surface area contributed by atoms with Gasteiger partial charge in [0.05, 0.1) is 6.61 Å². The molecule has 0 aliphatic carbocycles. The zero-order valence-electron chi connectivity index (χ0n) is 11.0. The van der Waals surface area contributed by atoms with E-state index in [1.54, 1.807) is 19.1 Å². The number of unbranched alkanes of at least 4 members (excludes halogenated alkanes) is 1. The van der Waals surface area contributed by atoms with E-state index in [1.807, 2.05) is 0 Å². The molecular formula is C14H21NO3. The summed E-state index contributed by atoms with van der Waals surface area (Å²) in [6.07, 6.45) is 2.15. The van der Waals surface area contributed by atoms with Crippen molar-refractivity contribution in [1.29, 1.82) is 0 Å². The number of rotatable bonds is 7. The second kappa shape index (κ2) is 7.71. The number of carbonyl (C=O) groups excluding carboxylic acids is 1. The summed E-state index contributed by atoms with van der Waals surface area (Å²) in [6.45, 7) is 5.63. The average Bonchev–Trinajstić information content (AvgIpc) is 2.36. The second-order valence-electron chi connectivity index (χ2n) is 4.22. The molecule has 2 N–H and O–H groups in total. The van der Waals surface area contributed by atoms with Gasteiger partial charge in [-0.3, -0.25) is 4.79 Å². The van der Waals surface area contributed by atoms with Crippen LogP contribution in [0.15, 0.2) is 18.2 Å². The van der Waals surface area contributed by atoms with Crippen molar-refractivity contribution < 1.29 is 14.6 Å². The van der Waals surface area contributed by atoms with Gasteiger partial charge in [0.1, 0.15) is 5.75 Å². The Hall–Kier alpha value is -1.55. The molecule has 0 aliphatic rings. The highest BCUT2D eigenvalue weighted by molar-refractivity contribution is 5.94. The molecule has 1 aromatic rings. The quantitative estimate of drug-likeness (QED) is 0.731. The molecule has 0 saturated carbocycles. The van der Waals surface area contributed by atoms with Gasteiger partial charge in [-0.15, -0.1) is 0 Å². The van der Waals surface area contributed by atoms with Crippen LogP contribution in [0.3, 0.4) is 0 Å². The zero-order chi connectivity index (χ0) is 13.4. The fourth-order valence-electron chi connectivity index (χ4n) is 1.44. The van der Waals surface area contributed by atoms with Crippen molar-refractivity contribution in [2.45, 2.75) is 26.7 Å². The van der Waals surface area contributed by atoms with Gasteiger partial charge in [0, 0.05) is 18.7 Å². The van der Waals surface area contributed by atoms with Crippen molar-refractivity contribution in [3.05, 3.63) is 29.3 Å². The van der Waals surface area contributed by atoms with Gasteiger partial charge in [0.25, 0.3) is 5.91 Å². The third-order valence-corrected chi connectivity index (χ3v) is 2.65. The van der Waals surface area contributed by atoms with Crippen LogP contribution >= 0.6 is 0 Å². The molecule has 0 spiro atoms. The van der Waals surface area contributed by atoms with E-state index in [0.29, 0.717) is 18.7 Å². The summed E-state index contributed by atoms with van der Waals surface area (Å²) in [5, 5.41) is 12.3. The van der Waals surface area contributed by atoms with Gasteiger partial charge in [-0.25, -0.2) is 0 Å². The molecule has 4 nitrogen and oxygen atoms in total. The first-order valence-corrected chi connectivity index (χ1v) is 6.30. The summed E-state index contributed by atoms with van der Waals surface area (Å²) >= 11 is 0. The fourth-order valence-corrected chi connectivity index (χ4v) is 1.44. The van der Waals surface area contributed by atoms with Crippen LogP contribution in [0.5, 0.6) is 5.75 Å². The summed E-state index contributed by atoms with van der Waals surface area (Å²) in [6, 6.07) is 4.90. The molecule has 18 heavy (non-hydrogen) atoms. The highest BCUT2D eigenvalue weighted by Gasteiger charge is 2.06. The van der Waals surface area contributed by atoms with Gasteiger partial charge in [-0.2, -0.15) is 0 Å². The monoisotopic (exact) mass is 251 g/mol. The van der Waals surface area contributed by atoms with Crippen molar-refractivity contribution in [2.24, 2.45) is 0 Å². The molecule has 0 saturated heterocycles. The maximum atomic E-state index is 11.7. The number of phenolic OH excluding ortho intramolecular Hbond substituents is 1. The lowest BCUT2D eigenvalue weighted by molar-refractivity contribution is 0.0912. The predicted molar refractivity (Wildman–Crippen MR) is 70.9 cm³/mol. The topological polar surface area (TPSA) is 58.6 Å². The van der Waals surface area contributed by atoms with Crippen LogP contribution in [0.4, 0.5) is 0 Å². The Bertz CT molecular complexity index is 391. The molecule has 0 bridgehead atoms. The molecule has 0 heterocycles. The standard InChI is InChI=1S/C14H21NO3/c1-3-4-8-18-9-7-15-14(17)12-6-5-11(2)13(16)10-12/h5-6,10,16H,3-4,7-9H2,1-2H3,(H,15,17). The molecule has 1 rings (SSSR count). The van der Waals surface area contributed by atoms with E-state index < -0.39 is 0 Å². The van der Waals surface area contributed by atoms with Gasteiger partial charge in [-0.05, 0) is 31.0 Å². The van der Waals surface area contributed by atoms with Crippen LogP contribution in [-0.4, -0.2) is 30.8 Å². The molecule has 0 unspecified atom stereocenters. The molecule has 4 heteroatoms. The maximum Gasteiger partial charge on any atom is 0.251 e. The van der Waals surface area contributed by atoms with E-state index in [0.717, 1.165) is 25.0 Å². The van der Waals surface area contributed by atoms with Gasteiger partial charge in [0.15, 0.2) is 0 Å². The Balaban J connectivity index is 2.30. The summed E-state index contributed by atoms with van der Waals surface area (Å²) in [5.41, 5.74) is 1.22. The van der Waals surface area contributed by atoms with E-state index in [1.165, 1.54) is 6.07 Å². The summed E-state index contributed by atoms with van der Waals surface area (Å²) in [7, 11) is 0. The van der Waals surface area contributed by atoms with E-state index in [9.17, 15) is 9.90 Å².